The first kappa shape index (κ1) is 23.6. The van der Waals surface area contributed by atoms with Gasteiger partial charge in [0.15, 0.2) is 17.3 Å². The predicted octanol–water partition coefficient (Wildman–Crippen LogP) is 3.89. The van der Waals surface area contributed by atoms with Crippen LogP contribution < -0.4 is 0 Å². The number of hydrogen-bond acceptors (Lipinski definition) is 5. The molecule has 0 spiro atoms. The number of benzene rings is 2. The third kappa shape index (κ3) is 5.31. The molecule has 0 bridgehead atoms. The minimum Gasteiger partial charge on any atom is -0.294 e. The van der Waals surface area contributed by atoms with Crippen molar-refractivity contribution in [3.8, 4) is 0 Å². The molecule has 6 nitrogen and oxygen atoms in total. The van der Waals surface area contributed by atoms with E-state index >= 15 is 0 Å². The molecule has 2 rings (SSSR count). The minimum absolute atomic E-state index is 0.178. The van der Waals surface area contributed by atoms with Crippen molar-refractivity contribution in [2.75, 3.05) is 7.05 Å². The lowest BCUT2D eigenvalue weighted by Gasteiger charge is -2.13. The van der Waals surface area contributed by atoms with Crippen molar-refractivity contribution in [3.63, 3.8) is 0 Å². The smallest absolute Gasteiger partial charge is 0.260 e. The highest BCUT2D eigenvalue weighted by Crippen LogP contribution is 2.20. The predicted molar refractivity (Wildman–Crippen MR) is 111 cm³/mol. The Labute approximate surface area is 170 Å². The Balaban J connectivity index is 0.00000204. The summed E-state index contributed by atoms with van der Waals surface area (Å²) in [5, 5.41) is 0. The van der Waals surface area contributed by atoms with E-state index in [0.717, 1.165) is 4.90 Å². The van der Waals surface area contributed by atoms with E-state index < -0.39 is 11.7 Å². The number of ketones is 3. The number of rotatable bonds is 6. The fraction of sp³-hybridized carbons (Fsp3) is 0.261. The lowest BCUT2D eigenvalue weighted by molar-refractivity contribution is -0.115. The van der Waals surface area contributed by atoms with Gasteiger partial charge in [-0.25, -0.2) is 0 Å². The van der Waals surface area contributed by atoms with Gasteiger partial charge in [-0.3, -0.25) is 28.9 Å². The molecule has 0 atom stereocenters. The first-order chi connectivity index (χ1) is 13.7. The van der Waals surface area contributed by atoms with Gasteiger partial charge in [-0.2, -0.15) is 0 Å². The molecule has 0 aliphatic heterocycles. The van der Waals surface area contributed by atoms with E-state index in [-0.39, 0.29) is 39.4 Å². The average Bonchev–Trinajstić information content (AvgIpc) is 2.73. The zero-order valence-electron chi connectivity index (χ0n) is 17.5. The van der Waals surface area contributed by atoms with E-state index in [9.17, 15) is 24.0 Å². The summed E-state index contributed by atoms with van der Waals surface area (Å²) in [6, 6.07) is 8.93. The van der Waals surface area contributed by atoms with Gasteiger partial charge in [-0.1, -0.05) is 32.0 Å². The summed E-state index contributed by atoms with van der Waals surface area (Å²) in [6.07, 6.45) is 0.399. The SMILES string of the molecule is CC.CC(=O)c1ccc(C(=O)c2ccc(C)c(C(=O)N(C)C=O)c2)cc1C(C)=O. The Morgan fingerprint density at radius 2 is 1.28 bits per heavy atom. The zero-order chi connectivity index (χ0) is 22.3. The minimum atomic E-state index is -0.520. The Morgan fingerprint density at radius 3 is 1.76 bits per heavy atom. The monoisotopic (exact) mass is 395 g/mol. The molecule has 2 aromatic rings. The molecule has 0 saturated heterocycles. The van der Waals surface area contributed by atoms with Gasteiger partial charge >= 0.3 is 0 Å². The molecule has 0 unspecified atom stereocenters. The molecule has 152 valence electrons. The molecule has 0 aromatic heterocycles. The fourth-order valence-corrected chi connectivity index (χ4v) is 2.68. The second kappa shape index (κ2) is 10.2. The molecule has 2 aromatic carbocycles. The first-order valence-corrected chi connectivity index (χ1v) is 9.21. The quantitative estimate of drug-likeness (QED) is 0.547. The first-order valence-electron chi connectivity index (χ1n) is 9.21. The molecule has 0 saturated carbocycles. The maximum atomic E-state index is 12.8. The number of carbonyl (C=O) groups is 5. The van der Waals surface area contributed by atoms with Crippen LogP contribution in [0.3, 0.4) is 0 Å². The highest BCUT2D eigenvalue weighted by molar-refractivity contribution is 6.14. The van der Waals surface area contributed by atoms with Gasteiger partial charge in [0.25, 0.3) is 5.91 Å². The summed E-state index contributed by atoms with van der Waals surface area (Å²) in [7, 11) is 1.34. The maximum Gasteiger partial charge on any atom is 0.260 e. The van der Waals surface area contributed by atoms with Crippen LogP contribution in [-0.2, 0) is 4.79 Å². The molecular weight excluding hydrogens is 370 g/mol. The molecule has 29 heavy (non-hydrogen) atoms. The van der Waals surface area contributed by atoms with Gasteiger partial charge < -0.3 is 0 Å². The van der Waals surface area contributed by atoms with E-state index in [4.69, 9.17) is 0 Å². The molecule has 2 amide bonds. The average molecular weight is 395 g/mol. The van der Waals surface area contributed by atoms with Crippen molar-refractivity contribution < 1.29 is 24.0 Å². The summed E-state index contributed by atoms with van der Waals surface area (Å²) in [6.45, 7) is 8.38. The van der Waals surface area contributed by atoms with E-state index in [0.29, 0.717) is 12.0 Å². The Morgan fingerprint density at radius 1 is 0.793 bits per heavy atom. The number of nitrogens with zero attached hydrogens (tertiary/aromatic N) is 1. The second-order valence-corrected chi connectivity index (χ2v) is 6.25. The van der Waals surface area contributed by atoms with E-state index in [1.807, 2.05) is 13.8 Å². The number of imide groups is 1. The van der Waals surface area contributed by atoms with Crippen molar-refractivity contribution in [1.29, 1.82) is 0 Å². The lowest BCUT2D eigenvalue weighted by Crippen LogP contribution is -2.26. The van der Waals surface area contributed by atoms with Gasteiger partial charge in [0, 0.05) is 34.9 Å². The van der Waals surface area contributed by atoms with Gasteiger partial charge in [-0.15, -0.1) is 0 Å². The number of Topliss-reactive ketones (excluding diaryl/α,β-unsaturated/α-hetero) is 2. The number of amides is 2. The van der Waals surface area contributed by atoms with Gasteiger partial charge in [-0.05, 0) is 44.5 Å². The summed E-state index contributed by atoms with van der Waals surface area (Å²) in [5.74, 6) is -1.49. The fourth-order valence-electron chi connectivity index (χ4n) is 2.68. The molecule has 0 N–H and O–H groups in total. The zero-order valence-corrected chi connectivity index (χ0v) is 17.5. The second-order valence-electron chi connectivity index (χ2n) is 6.25. The number of hydrogen-bond donors (Lipinski definition) is 0. The molecule has 0 radical (unpaired) electrons. The van der Waals surface area contributed by atoms with Crippen LogP contribution in [0.1, 0.15) is 80.3 Å². The number of aryl methyl sites for hydroxylation is 1. The van der Waals surface area contributed by atoms with Gasteiger partial charge in [0.2, 0.25) is 6.41 Å². The van der Waals surface area contributed by atoms with Crippen LogP contribution in [-0.4, -0.2) is 41.6 Å². The molecule has 0 heterocycles. The Hall–Kier alpha value is -3.41. The van der Waals surface area contributed by atoms with Gasteiger partial charge in [0.1, 0.15) is 0 Å². The van der Waals surface area contributed by atoms with Crippen molar-refractivity contribution in [2.24, 2.45) is 0 Å². The van der Waals surface area contributed by atoms with Crippen LogP contribution in [0.15, 0.2) is 36.4 Å². The third-order valence-electron chi connectivity index (χ3n) is 4.25. The van der Waals surface area contributed by atoms with Crippen LogP contribution in [0, 0.1) is 6.92 Å². The van der Waals surface area contributed by atoms with E-state index in [1.54, 1.807) is 19.1 Å². The Kier molecular flexibility index (Phi) is 8.33. The molecule has 0 fully saturated rings. The lowest BCUT2D eigenvalue weighted by atomic mass is 9.93. The van der Waals surface area contributed by atoms with Crippen LogP contribution in [0.25, 0.3) is 0 Å². The normalized spacial score (nSPS) is 9.72. The van der Waals surface area contributed by atoms with E-state index in [1.165, 1.54) is 45.2 Å². The molecule has 0 aliphatic rings. The third-order valence-corrected chi connectivity index (χ3v) is 4.25. The van der Waals surface area contributed by atoms with Crippen molar-refractivity contribution >= 4 is 29.7 Å². The largest absolute Gasteiger partial charge is 0.294 e. The molecule has 6 heteroatoms. The van der Waals surface area contributed by atoms with Crippen LogP contribution >= 0.6 is 0 Å². The van der Waals surface area contributed by atoms with Crippen molar-refractivity contribution in [1.82, 2.24) is 4.90 Å². The van der Waals surface area contributed by atoms with Gasteiger partial charge in [0.05, 0.1) is 0 Å². The summed E-state index contributed by atoms with van der Waals surface area (Å²) >= 11 is 0. The topological polar surface area (TPSA) is 88.6 Å². The summed E-state index contributed by atoms with van der Waals surface area (Å²) < 4.78 is 0. The van der Waals surface area contributed by atoms with Crippen molar-refractivity contribution in [3.05, 3.63) is 69.8 Å². The molecular formula is C23H25NO5. The maximum absolute atomic E-state index is 12.8. The van der Waals surface area contributed by atoms with Crippen molar-refractivity contribution in [2.45, 2.75) is 34.6 Å². The van der Waals surface area contributed by atoms with E-state index in [2.05, 4.69) is 0 Å². The standard InChI is InChI=1S/C21H19NO5.C2H6/c1-12-5-6-15(9-18(12)21(27)22(4)11-23)20(26)16-7-8-17(13(2)24)19(10-16)14(3)25;1-2/h5-11H,1-4H3;1-2H3. The highest BCUT2D eigenvalue weighted by Gasteiger charge is 2.19. The number of carbonyl (C=O) groups excluding carboxylic acids is 5. The highest BCUT2D eigenvalue weighted by atomic mass is 16.2. The molecule has 0 aliphatic carbocycles. The van der Waals surface area contributed by atoms with Crippen LogP contribution in [0.2, 0.25) is 0 Å². The van der Waals surface area contributed by atoms with Crippen LogP contribution in [0.5, 0.6) is 0 Å². The van der Waals surface area contributed by atoms with Crippen LogP contribution in [0.4, 0.5) is 0 Å². The summed E-state index contributed by atoms with van der Waals surface area (Å²) in [4.78, 5) is 60.3. The Bertz CT molecular complexity index is 975. The summed E-state index contributed by atoms with van der Waals surface area (Å²) in [5.41, 5.74) is 1.78.